The summed E-state index contributed by atoms with van der Waals surface area (Å²) in [5.74, 6) is -1.60. The van der Waals surface area contributed by atoms with Gasteiger partial charge < -0.3 is 0 Å². The molecular formula is C18H14ClN3O5. The first-order valence-electron chi connectivity index (χ1n) is 8.16. The summed E-state index contributed by atoms with van der Waals surface area (Å²) in [5.41, 5.74) is 1.01. The Kier molecular flexibility index (Phi) is 4.09. The van der Waals surface area contributed by atoms with Crippen molar-refractivity contribution in [2.45, 2.75) is 12.1 Å². The zero-order chi connectivity index (χ0) is 19.3. The molecule has 0 radical (unpaired) electrons. The van der Waals surface area contributed by atoms with E-state index in [1.165, 1.54) is 24.2 Å². The van der Waals surface area contributed by atoms with Crippen LogP contribution in [-0.4, -0.2) is 34.8 Å². The monoisotopic (exact) mass is 387 g/mol. The third-order valence-electron chi connectivity index (χ3n) is 4.84. The predicted molar refractivity (Wildman–Crippen MR) is 95.9 cm³/mol. The van der Waals surface area contributed by atoms with Gasteiger partial charge in [-0.2, -0.15) is 0 Å². The molecule has 0 aromatic heterocycles. The SMILES string of the molecule is CN1C(=O)C2ON(c3ccc(Cl)cc3)C(c3cccc([N+](=O)[O-])c3)C2C1=O. The van der Waals surface area contributed by atoms with Crippen LogP contribution in [0.3, 0.4) is 0 Å². The Hall–Kier alpha value is -2.97. The van der Waals surface area contributed by atoms with Crippen LogP contribution in [0.2, 0.25) is 5.02 Å². The van der Waals surface area contributed by atoms with Crippen molar-refractivity contribution < 1.29 is 19.3 Å². The smallest absolute Gasteiger partial charge is 0.269 e. The highest BCUT2D eigenvalue weighted by molar-refractivity contribution is 6.30. The molecule has 0 aliphatic carbocycles. The number of carbonyl (C=O) groups is 2. The highest BCUT2D eigenvalue weighted by Crippen LogP contribution is 2.46. The molecule has 2 aromatic carbocycles. The lowest BCUT2D eigenvalue weighted by Crippen LogP contribution is -2.34. The average molecular weight is 388 g/mol. The van der Waals surface area contributed by atoms with Crippen LogP contribution in [0.4, 0.5) is 11.4 Å². The van der Waals surface area contributed by atoms with E-state index in [4.69, 9.17) is 16.4 Å². The second-order valence-electron chi connectivity index (χ2n) is 6.39. The molecule has 2 saturated heterocycles. The molecule has 2 heterocycles. The van der Waals surface area contributed by atoms with Crippen LogP contribution in [-0.2, 0) is 14.4 Å². The number of fused-ring (bicyclic) bond motifs is 1. The molecule has 0 N–H and O–H groups in total. The lowest BCUT2D eigenvalue weighted by atomic mass is 9.90. The van der Waals surface area contributed by atoms with Crippen LogP contribution in [0.5, 0.6) is 0 Å². The van der Waals surface area contributed by atoms with Crippen LogP contribution in [0.15, 0.2) is 48.5 Å². The molecule has 3 unspecified atom stereocenters. The van der Waals surface area contributed by atoms with Gasteiger partial charge in [0.2, 0.25) is 5.91 Å². The van der Waals surface area contributed by atoms with Gasteiger partial charge in [0.05, 0.1) is 16.7 Å². The molecule has 2 aliphatic rings. The second kappa shape index (κ2) is 6.33. The number of hydrogen-bond donors (Lipinski definition) is 0. The van der Waals surface area contributed by atoms with Gasteiger partial charge in [-0.25, -0.2) is 5.06 Å². The third-order valence-corrected chi connectivity index (χ3v) is 5.09. The number of nitro benzene ring substituents is 1. The van der Waals surface area contributed by atoms with Crippen LogP contribution in [0.1, 0.15) is 11.6 Å². The Morgan fingerprint density at radius 3 is 2.48 bits per heavy atom. The van der Waals surface area contributed by atoms with Gasteiger partial charge in [-0.3, -0.25) is 29.4 Å². The molecule has 3 atom stereocenters. The molecular weight excluding hydrogens is 374 g/mol. The summed E-state index contributed by atoms with van der Waals surface area (Å²) in [6.45, 7) is 0. The number of hydrogen-bond acceptors (Lipinski definition) is 6. The summed E-state index contributed by atoms with van der Waals surface area (Å²) >= 11 is 5.94. The number of imide groups is 1. The quantitative estimate of drug-likeness (QED) is 0.456. The second-order valence-corrected chi connectivity index (χ2v) is 6.82. The first kappa shape index (κ1) is 17.4. The number of amides is 2. The van der Waals surface area contributed by atoms with Gasteiger partial charge in [0.15, 0.2) is 6.10 Å². The van der Waals surface area contributed by atoms with Crippen molar-refractivity contribution in [2.75, 3.05) is 12.1 Å². The van der Waals surface area contributed by atoms with Crippen molar-refractivity contribution in [1.29, 1.82) is 0 Å². The molecule has 2 aliphatic heterocycles. The fourth-order valence-corrected chi connectivity index (χ4v) is 3.65. The van der Waals surface area contributed by atoms with Gasteiger partial charge in [-0.1, -0.05) is 23.7 Å². The van der Waals surface area contributed by atoms with Crippen LogP contribution in [0, 0.1) is 16.0 Å². The van der Waals surface area contributed by atoms with Gasteiger partial charge >= 0.3 is 0 Å². The van der Waals surface area contributed by atoms with Crippen molar-refractivity contribution in [3.63, 3.8) is 0 Å². The standard InChI is InChI=1S/C18H14ClN3O5/c1-20-17(23)14-15(10-3-2-4-13(9-10)22(25)26)21(27-16(14)18(20)24)12-7-5-11(19)6-8-12/h2-9,14-16H,1H3. The molecule has 9 heteroatoms. The van der Waals surface area contributed by atoms with E-state index in [9.17, 15) is 19.7 Å². The Bertz CT molecular complexity index is 948. The van der Waals surface area contributed by atoms with Crippen molar-refractivity contribution in [3.8, 4) is 0 Å². The maximum absolute atomic E-state index is 12.7. The first-order chi connectivity index (χ1) is 12.9. The molecule has 8 nitrogen and oxygen atoms in total. The van der Waals surface area contributed by atoms with E-state index < -0.39 is 28.9 Å². The highest BCUT2D eigenvalue weighted by atomic mass is 35.5. The van der Waals surface area contributed by atoms with Gasteiger partial charge in [0.25, 0.3) is 11.6 Å². The maximum atomic E-state index is 12.7. The lowest BCUT2D eigenvalue weighted by molar-refractivity contribution is -0.384. The molecule has 0 bridgehead atoms. The number of nitro groups is 1. The first-order valence-corrected chi connectivity index (χ1v) is 8.53. The molecule has 27 heavy (non-hydrogen) atoms. The predicted octanol–water partition coefficient (Wildman–Crippen LogP) is 2.72. The van der Waals surface area contributed by atoms with E-state index in [0.29, 0.717) is 16.3 Å². The number of rotatable bonds is 3. The number of non-ortho nitro benzene ring substituents is 1. The topological polar surface area (TPSA) is 93.0 Å². The minimum absolute atomic E-state index is 0.0999. The lowest BCUT2D eigenvalue weighted by Gasteiger charge is -2.28. The zero-order valence-electron chi connectivity index (χ0n) is 14.1. The average Bonchev–Trinajstić information content (AvgIpc) is 3.15. The normalized spacial score (nSPS) is 24.4. The van der Waals surface area contributed by atoms with E-state index in [1.807, 2.05) is 0 Å². The summed E-state index contributed by atoms with van der Waals surface area (Å²) in [4.78, 5) is 42.6. The van der Waals surface area contributed by atoms with Gasteiger partial charge in [-0.15, -0.1) is 0 Å². The Balaban J connectivity index is 1.83. The Labute approximate surface area is 159 Å². The van der Waals surface area contributed by atoms with Crippen LogP contribution < -0.4 is 5.06 Å². The maximum Gasteiger partial charge on any atom is 0.269 e. The minimum Gasteiger partial charge on any atom is -0.283 e. The van der Waals surface area contributed by atoms with E-state index >= 15 is 0 Å². The number of likely N-dealkylation sites (N-methyl/N-ethyl adjacent to an activating group) is 1. The highest BCUT2D eigenvalue weighted by Gasteiger charge is 2.59. The van der Waals surface area contributed by atoms with Crippen molar-refractivity contribution in [1.82, 2.24) is 4.90 Å². The molecule has 2 aromatic rings. The molecule has 0 spiro atoms. The summed E-state index contributed by atoms with van der Waals surface area (Å²) in [7, 11) is 1.41. The van der Waals surface area contributed by atoms with Crippen molar-refractivity contribution >= 4 is 34.8 Å². The fraction of sp³-hybridized carbons (Fsp3) is 0.222. The van der Waals surface area contributed by atoms with Gasteiger partial charge in [-0.05, 0) is 29.8 Å². The molecule has 4 rings (SSSR count). The van der Waals surface area contributed by atoms with Crippen molar-refractivity contribution in [3.05, 3.63) is 69.2 Å². The van der Waals surface area contributed by atoms with E-state index in [0.717, 1.165) is 4.90 Å². The third kappa shape index (κ3) is 2.73. The van der Waals surface area contributed by atoms with Gasteiger partial charge in [0.1, 0.15) is 5.92 Å². The zero-order valence-corrected chi connectivity index (χ0v) is 14.9. The van der Waals surface area contributed by atoms with E-state index in [2.05, 4.69) is 0 Å². The molecule has 138 valence electrons. The molecule has 2 fully saturated rings. The Morgan fingerprint density at radius 2 is 1.81 bits per heavy atom. The molecule has 2 amide bonds. The van der Waals surface area contributed by atoms with Crippen LogP contribution >= 0.6 is 11.6 Å². The number of halogens is 1. The van der Waals surface area contributed by atoms with Crippen LogP contribution in [0.25, 0.3) is 0 Å². The van der Waals surface area contributed by atoms with Crippen molar-refractivity contribution in [2.24, 2.45) is 5.92 Å². The number of likely N-dealkylation sites (tertiary alicyclic amines) is 1. The summed E-state index contributed by atoms with van der Waals surface area (Å²) in [6.07, 6.45) is -0.970. The van der Waals surface area contributed by atoms with E-state index in [-0.39, 0.29) is 11.6 Å². The van der Waals surface area contributed by atoms with Gasteiger partial charge in [0, 0.05) is 24.2 Å². The number of carbonyl (C=O) groups excluding carboxylic acids is 2. The summed E-state index contributed by atoms with van der Waals surface area (Å²) < 4.78 is 0. The minimum atomic E-state index is -0.970. The summed E-state index contributed by atoms with van der Waals surface area (Å²) in [5, 5.41) is 13.2. The number of anilines is 1. The number of hydroxylamine groups is 1. The number of benzene rings is 2. The molecule has 0 saturated carbocycles. The fourth-order valence-electron chi connectivity index (χ4n) is 3.53. The number of nitrogens with zero attached hydrogens (tertiary/aromatic N) is 3. The Morgan fingerprint density at radius 1 is 1.11 bits per heavy atom. The summed E-state index contributed by atoms with van der Waals surface area (Å²) in [6, 6.07) is 12.0. The van der Waals surface area contributed by atoms with E-state index in [1.54, 1.807) is 36.4 Å². The largest absolute Gasteiger partial charge is 0.283 e.